The van der Waals surface area contributed by atoms with Gasteiger partial charge < -0.3 is 0 Å². The predicted molar refractivity (Wildman–Crippen MR) is 95.8 cm³/mol. The van der Waals surface area contributed by atoms with E-state index in [1.54, 1.807) is 12.1 Å². The van der Waals surface area contributed by atoms with Crippen molar-refractivity contribution in [2.24, 2.45) is 0 Å². The summed E-state index contributed by atoms with van der Waals surface area (Å²) in [5.74, 6) is -0.993. The predicted octanol–water partition coefficient (Wildman–Crippen LogP) is 1.15. The van der Waals surface area contributed by atoms with E-state index in [9.17, 15) is 21.6 Å². The van der Waals surface area contributed by atoms with E-state index in [-0.39, 0.29) is 12.3 Å². The van der Waals surface area contributed by atoms with Crippen molar-refractivity contribution >= 4 is 26.0 Å². The normalized spacial score (nSPS) is 20.0. The van der Waals surface area contributed by atoms with E-state index in [0.29, 0.717) is 24.8 Å². The van der Waals surface area contributed by atoms with Crippen molar-refractivity contribution in [2.75, 3.05) is 12.8 Å². The Labute approximate surface area is 149 Å². The van der Waals surface area contributed by atoms with Crippen LogP contribution in [0.15, 0.2) is 24.3 Å². The Morgan fingerprint density at radius 1 is 1.12 bits per heavy atom. The van der Waals surface area contributed by atoms with Gasteiger partial charge in [-0.25, -0.2) is 16.8 Å². The molecule has 1 unspecified atom stereocenters. The molecular weight excluding hydrogens is 364 g/mol. The van der Waals surface area contributed by atoms with E-state index in [4.69, 9.17) is 0 Å². The first kappa shape index (κ1) is 19.9. The van der Waals surface area contributed by atoms with E-state index < -0.39 is 32.0 Å². The van der Waals surface area contributed by atoms with Crippen LogP contribution < -0.4 is 4.72 Å². The van der Waals surface area contributed by atoms with Crippen LogP contribution in [0.1, 0.15) is 36.8 Å². The van der Waals surface area contributed by atoms with Gasteiger partial charge in [-0.3, -0.25) is 9.52 Å². The molecule has 0 bridgehead atoms. The highest BCUT2D eigenvalue weighted by atomic mass is 32.2. The van der Waals surface area contributed by atoms with Crippen molar-refractivity contribution in [2.45, 2.75) is 44.4 Å². The lowest BCUT2D eigenvalue weighted by Crippen LogP contribution is -2.50. The van der Waals surface area contributed by atoms with Gasteiger partial charge in [0.15, 0.2) is 0 Å². The Hall–Kier alpha value is -1.45. The first-order valence-corrected chi connectivity index (χ1v) is 11.7. The molecule has 1 atom stereocenters. The number of nitrogens with zero attached hydrogens (tertiary/aromatic N) is 1. The minimum absolute atomic E-state index is 0.212. The molecule has 140 valence electrons. The van der Waals surface area contributed by atoms with Gasteiger partial charge in [-0.05, 0) is 25.3 Å². The Bertz CT molecular complexity index is 817. The van der Waals surface area contributed by atoms with Crippen LogP contribution in [-0.2, 0) is 30.6 Å². The molecule has 9 heteroatoms. The zero-order chi connectivity index (χ0) is 18.7. The molecule has 0 spiro atoms. The van der Waals surface area contributed by atoms with Gasteiger partial charge in [0.1, 0.15) is 6.04 Å². The minimum Gasteiger partial charge on any atom is -0.272 e. The molecule has 0 aliphatic carbocycles. The molecule has 1 heterocycles. The summed E-state index contributed by atoms with van der Waals surface area (Å²) in [6.07, 6.45) is 3.33. The van der Waals surface area contributed by atoms with Gasteiger partial charge in [0, 0.05) is 6.54 Å². The van der Waals surface area contributed by atoms with Crippen LogP contribution in [0, 0.1) is 6.92 Å². The van der Waals surface area contributed by atoms with Crippen molar-refractivity contribution in [3.63, 3.8) is 0 Å². The maximum Gasteiger partial charge on any atom is 0.251 e. The van der Waals surface area contributed by atoms with Gasteiger partial charge in [-0.2, -0.15) is 4.31 Å². The summed E-state index contributed by atoms with van der Waals surface area (Å²) in [7, 11) is -7.48. The smallest absolute Gasteiger partial charge is 0.251 e. The fourth-order valence-electron chi connectivity index (χ4n) is 2.91. The third-order valence-electron chi connectivity index (χ3n) is 4.12. The van der Waals surface area contributed by atoms with Gasteiger partial charge in [0.2, 0.25) is 20.0 Å². The number of hydrogen-bond donors (Lipinski definition) is 1. The first-order valence-electron chi connectivity index (χ1n) is 8.15. The van der Waals surface area contributed by atoms with E-state index in [2.05, 4.69) is 0 Å². The standard InChI is InChI=1S/C16H24N2O5S2/c1-13-7-9-14(10-8-13)12-25(22,23)18-11-5-3-4-6-15(18)16(19)17-24(2,20)21/h7-10,15H,3-6,11-12H2,1-2H3,(H,17,19). The van der Waals surface area contributed by atoms with Crippen LogP contribution in [0.4, 0.5) is 0 Å². The molecule has 7 nitrogen and oxygen atoms in total. The van der Waals surface area contributed by atoms with E-state index in [1.807, 2.05) is 23.8 Å². The Balaban J connectivity index is 2.26. The second-order valence-corrected chi connectivity index (χ2v) is 10.1. The fraction of sp³-hybridized carbons (Fsp3) is 0.562. The molecule has 1 aromatic rings. The van der Waals surface area contributed by atoms with Crippen LogP contribution in [0.2, 0.25) is 0 Å². The molecule has 1 amide bonds. The highest BCUT2D eigenvalue weighted by Crippen LogP contribution is 2.23. The van der Waals surface area contributed by atoms with Crippen molar-refractivity contribution < 1.29 is 21.6 Å². The molecule has 0 aromatic heterocycles. The summed E-state index contributed by atoms with van der Waals surface area (Å²) in [5.41, 5.74) is 1.67. The first-order chi connectivity index (χ1) is 11.6. The Morgan fingerprint density at radius 2 is 1.76 bits per heavy atom. The van der Waals surface area contributed by atoms with Crippen LogP contribution >= 0.6 is 0 Å². The highest BCUT2D eigenvalue weighted by molar-refractivity contribution is 7.89. The van der Waals surface area contributed by atoms with Crippen molar-refractivity contribution in [1.82, 2.24) is 9.03 Å². The minimum atomic E-state index is -3.74. The fourth-order valence-corrected chi connectivity index (χ4v) is 5.18. The number of hydrogen-bond acceptors (Lipinski definition) is 5. The number of carbonyl (C=O) groups excluding carboxylic acids is 1. The monoisotopic (exact) mass is 388 g/mol. The van der Waals surface area contributed by atoms with Crippen LogP contribution in [0.3, 0.4) is 0 Å². The SMILES string of the molecule is Cc1ccc(CS(=O)(=O)N2CCCCCC2C(=O)NS(C)(=O)=O)cc1. The van der Waals surface area contributed by atoms with Crippen LogP contribution in [0.25, 0.3) is 0 Å². The highest BCUT2D eigenvalue weighted by Gasteiger charge is 2.36. The summed E-state index contributed by atoms with van der Waals surface area (Å²) in [5, 5.41) is 0. The number of nitrogens with one attached hydrogen (secondary N) is 1. The molecule has 0 saturated carbocycles. The Morgan fingerprint density at radius 3 is 2.36 bits per heavy atom. The number of carbonyl (C=O) groups is 1. The maximum atomic E-state index is 12.9. The number of amides is 1. The zero-order valence-corrected chi connectivity index (χ0v) is 16.1. The van der Waals surface area contributed by atoms with Crippen molar-refractivity contribution in [3.05, 3.63) is 35.4 Å². The number of aryl methyl sites for hydroxylation is 1. The van der Waals surface area contributed by atoms with Gasteiger partial charge >= 0.3 is 0 Å². The molecule has 25 heavy (non-hydrogen) atoms. The lowest BCUT2D eigenvalue weighted by atomic mass is 10.1. The molecule has 1 aliphatic heterocycles. The molecule has 1 aromatic carbocycles. The average Bonchev–Trinajstić information content (AvgIpc) is 2.74. The van der Waals surface area contributed by atoms with E-state index in [1.165, 1.54) is 4.31 Å². The zero-order valence-electron chi connectivity index (χ0n) is 14.4. The summed E-state index contributed by atoms with van der Waals surface area (Å²) in [6.45, 7) is 2.13. The molecule has 1 saturated heterocycles. The van der Waals surface area contributed by atoms with Gasteiger partial charge in [0.05, 0.1) is 12.0 Å². The van der Waals surface area contributed by atoms with Crippen molar-refractivity contribution in [3.8, 4) is 0 Å². The lowest BCUT2D eigenvalue weighted by Gasteiger charge is -2.28. The Kier molecular flexibility index (Phi) is 6.23. The molecule has 1 fully saturated rings. The number of rotatable bonds is 5. The summed E-state index contributed by atoms with van der Waals surface area (Å²) in [4.78, 5) is 12.3. The third-order valence-corrected chi connectivity index (χ3v) is 6.54. The number of benzene rings is 1. The molecule has 0 radical (unpaired) electrons. The molecule has 1 N–H and O–H groups in total. The molecule has 2 rings (SSSR count). The van der Waals surface area contributed by atoms with Gasteiger partial charge in [-0.15, -0.1) is 0 Å². The van der Waals surface area contributed by atoms with Crippen LogP contribution in [-0.4, -0.2) is 45.9 Å². The molecular formula is C16H24N2O5S2. The van der Waals surface area contributed by atoms with Gasteiger partial charge in [0.25, 0.3) is 5.91 Å². The second kappa shape index (κ2) is 7.84. The third kappa shape index (κ3) is 5.79. The summed E-state index contributed by atoms with van der Waals surface area (Å²) >= 11 is 0. The lowest BCUT2D eigenvalue weighted by molar-refractivity contribution is -0.123. The van der Waals surface area contributed by atoms with E-state index >= 15 is 0 Å². The number of sulfonamides is 2. The van der Waals surface area contributed by atoms with E-state index in [0.717, 1.165) is 18.2 Å². The van der Waals surface area contributed by atoms with Crippen LogP contribution in [0.5, 0.6) is 0 Å². The topological polar surface area (TPSA) is 101 Å². The van der Waals surface area contributed by atoms with Crippen molar-refractivity contribution in [1.29, 1.82) is 0 Å². The largest absolute Gasteiger partial charge is 0.272 e. The maximum absolute atomic E-state index is 12.9. The summed E-state index contributed by atoms with van der Waals surface area (Å²) in [6, 6.07) is 6.17. The molecule has 1 aliphatic rings. The average molecular weight is 389 g/mol. The van der Waals surface area contributed by atoms with Gasteiger partial charge in [-0.1, -0.05) is 42.7 Å². The summed E-state index contributed by atoms with van der Waals surface area (Å²) < 4.78 is 51.5. The second-order valence-electron chi connectivity index (χ2n) is 6.46. The quantitative estimate of drug-likeness (QED) is 0.815.